The van der Waals surface area contributed by atoms with Crippen LogP contribution in [-0.4, -0.2) is 21.1 Å². The quantitative estimate of drug-likeness (QED) is 0.112. The van der Waals surface area contributed by atoms with Crippen LogP contribution in [0.25, 0.3) is 66.9 Å². The van der Waals surface area contributed by atoms with Crippen molar-refractivity contribution in [1.82, 2.24) is 14.1 Å². The molecule has 0 atom stereocenters. The van der Waals surface area contributed by atoms with E-state index in [9.17, 15) is 0 Å². The standard InChI is InChI=1S/C69H56BN5O.Pt/c1-46-22-11-12-27-53(46)56-40-41-65(75-64-35-20-19-34-63(64)74-60-31-16-14-29-55(60)54-28-13-15-30-59(54)70(74)75)71-67(56)76-52-26-21-25-51(44-52)72-45-73(62-33-18-17-32-61(62)72)66-57(47-23-9-8-10-24-47)42-50(69(5,6)7)43-58(66)48-36-38-49(39-37-48)68(2,3)4;/h8-34,36-43H,1-7H3;/q-2;/i1D3;. The van der Waals surface area contributed by atoms with Crippen LogP contribution in [0.3, 0.4) is 0 Å². The third-order valence-electron chi connectivity index (χ3n) is 15.1. The molecule has 0 saturated carbocycles. The summed E-state index contributed by atoms with van der Waals surface area (Å²) in [5.41, 5.74) is 18.3. The minimum absolute atomic E-state index is 0.00485. The number of aromatic nitrogens is 3. The molecule has 13 rings (SSSR count). The van der Waals surface area contributed by atoms with Crippen molar-refractivity contribution < 1.29 is 28.2 Å². The fourth-order valence-electron chi connectivity index (χ4n) is 11.2. The Morgan fingerprint density at radius 3 is 1.91 bits per heavy atom. The molecule has 8 heteroatoms. The van der Waals surface area contributed by atoms with E-state index in [0.29, 0.717) is 22.7 Å². The molecule has 378 valence electrons. The Morgan fingerprint density at radius 1 is 0.532 bits per heavy atom. The maximum atomic E-state index is 8.65. The van der Waals surface area contributed by atoms with E-state index in [-0.39, 0.29) is 29.3 Å². The van der Waals surface area contributed by atoms with E-state index < -0.39 is 6.85 Å². The van der Waals surface area contributed by atoms with Gasteiger partial charge in [0.25, 0.3) is 0 Å². The number of para-hydroxylation sites is 4. The Balaban J connectivity index is 0.989. The molecule has 0 amide bonds. The molecule has 2 aliphatic rings. The van der Waals surface area contributed by atoms with Crippen LogP contribution in [0.1, 0.15) is 62.3 Å². The molecule has 0 unspecified atom stereocenters. The van der Waals surface area contributed by atoms with Gasteiger partial charge >= 0.3 is 386 Å². The molecule has 4 heterocycles. The topological polar surface area (TPSA) is 38.5 Å². The van der Waals surface area contributed by atoms with Crippen LogP contribution in [0.5, 0.6) is 11.6 Å². The zero-order chi connectivity index (χ0) is 55.2. The summed E-state index contributed by atoms with van der Waals surface area (Å²) in [5, 5.41) is 0. The average Bonchev–Trinajstić information content (AvgIpc) is 3.87. The van der Waals surface area contributed by atoms with E-state index in [1.807, 2.05) is 48.5 Å². The molecule has 2 aliphatic heterocycles. The third kappa shape index (κ3) is 8.31. The average molecular weight is 1180 g/mol. The van der Waals surface area contributed by atoms with E-state index in [1.165, 1.54) is 11.1 Å². The minimum atomic E-state index is -2.41. The van der Waals surface area contributed by atoms with Gasteiger partial charge in [-0.05, 0) is 11.6 Å². The molecule has 2 aromatic heterocycles. The van der Waals surface area contributed by atoms with Crippen molar-refractivity contribution in [2.24, 2.45) is 0 Å². The van der Waals surface area contributed by atoms with Crippen molar-refractivity contribution in [1.29, 1.82) is 0 Å². The molecule has 0 fully saturated rings. The number of rotatable bonds is 8. The first kappa shape index (κ1) is 45.0. The van der Waals surface area contributed by atoms with Gasteiger partial charge < -0.3 is 0 Å². The number of aryl methyl sites for hydroxylation is 1. The number of nitrogens with zero attached hydrogens (tertiary/aromatic N) is 5. The molecule has 0 saturated heterocycles. The van der Waals surface area contributed by atoms with Crippen LogP contribution in [0.2, 0.25) is 0 Å². The van der Waals surface area contributed by atoms with E-state index in [2.05, 4.69) is 243 Å². The van der Waals surface area contributed by atoms with Gasteiger partial charge in [-0.3, -0.25) is 0 Å². The summed E-state index contributed by atoms with van der Waals surface area (Å²) in [6, 6.07) is 80.4. The summed E-state index contributed by atoms with van der Waals surface area (Å²) >= 11 is 2.48. The van der Waals surface area contributed by atoms with Crippen LogP contribution in [0.15, 0.2) is 212 Å². The summed E-state index contributed by atoms with van der Waals surface area (Å²) in [6.45, 7) is 10.9. The normalized spacial score (nSPS) is 13.6. The molecule has 9 aromatic carbocycles. The Morgan fingerprint density at radius 2 is 1.17 bits per heavy atom. The number of pyridine rings is 1. The number of anilines is 4. The van der Waals surface area contributed by atoms with Gasteiger partial charge in [0.05, 0.1) is 0 Å². The maximum absolute atomic E-state index is 8.65. The van der Waals surface area contributed by atoms with Crippen LogP contribution in [0.4, 0.5) is 22.9 Å². The first-order valence-electron chi connectivity index (χ1n) is 27.6. The Labute approximate surface area is 467 Å². The van der Waals surface area contributed by atoms with Crippen molar-refractivity contribution in [3.63, 3.8) is 0 Å². The molecule has 0 N–H and O–H groups in total. The fraction of sp³-hybridized carbons (Fsp3) is 0.130. The SMILES string of the molecule is [2H]C([2H])([2H])c1ccccc1-c1ccc(N2B3c4ccccc4-c4ccccc4N3c3ccc[c-]c32)nc1Oc1[c-]c(-n2[c](=[Pt])n(-c3c(-c4ccccc4)cc(C(C)(C)C)cc3-c3ccc(C(C)(C)C)cc3)c3ccccc32)ccc1. The van der Waals surface area contributed by atoms with Gasteiger partial charge in [0, 0.05) is 11.3 Å². The summed E-state index contributed by atoms with van der Waals surface area (Å²) in [7, 11) is 0. The van der Waals surface area contributed by atoms with Gasteiger partial charge in [0.1, 0.15) is 0 Å². The summed E-state index contributed by atoms with van der Waals surface area (Å²) < 4.78 is 38.6. The Bertz CT molecular complexity index is 4290. The molecule has 0 radical (unpaired) electrons. The second-order valence-corrected chi connectivity index (χ2v) is 23.0. The predicted molar refractivity (Wildman–Crippen MR) is 314 cm³/mol. The first-order valence-corrected chi connectivity index (χ1v) is 27.3. The van der Waals surface area contributed by atoms with Gasteiger partial charge in [0.15, 0.2) is 0 Å². The second kappa shape index (κ2) is 18.8. The fourth-order valence-corrected chi connectivity index (χ4v) is 12.3. The van der Waals surface area contributed by atoms with E-state index in [0.717, 1.165) is 82.1 Å². The van der Waals surface area contributed by atoms with E-state index >= 15 is 0 Å². The predicted octanol–water partition coefficient (Wildman–Crippen LogP) is 16.9. The molecular weight excluding hydrogens is 1120 g/mol. The van der Waals surface area contributed by atoms with Gasteiger partial charge in [0.2, 0.25) is 0 Å². The molecule has 11 aromatic rings. The summed E-state index contributed by atoms with van der Waals surface area (Å²) in [5.74, 6) is 1.26. The zero-order valence-electron chi connectivity index (χ0n) is 46.7. The van der Waals surface area contributed by atoms with Crippen molar-refractivity contribution in [2.45, 2.75) is 59.2 Å². The van der Waals surface area contributed by atoms with Crippen LogP contribution in [0, 0.1) is 22.8 Å². The molecule has 0 bridgehead atoms. The van der Waals surface area contributed by atoms with Crippen LogP contribution in [-0.2, 0) is 30.2 Å². The number of fused-ring (bicyclic) bond motifs is 9. The molecule has 6 nitrogen and oxygen atoms in total. The van der Waals surface area contributed by atoms with Crippen molar-refractivity contribution in [3.8, 4) is 67.5 Å². The number of benzene rings is 9. The van der Waals surface area contributed by atoms with Crippen LogP contribution < -0.4 is 19.8 Å². The van der Waals surface area contributed by atoms with Crippen LogP contribution >= 0.6 is 0 Å². The van der Waals surface area contributed by atoms with Gasteiger partial charge in [-0.15, -0.1) is 6.07 Å². The van der Waals surface area contributed by atoms with Gasteiger partial charge in [-0.1, -0.05) is 42.5 Å². The molecule has 77 heavy (non-hydrogen) atoms. The van der Waals surface area contributed by atoms with E-state index in [4.69, 9.17) is 13.8 Å². The van der Waals surface area contributed by atoms with E-state index in [1.54, 1.807) is 12.1 Å². The summed E-state index contributed by atoms with van der Waals surface area (Å²) in [6.07, 6.45) is 0. The van der Waals surface area contributed by atoms with Gasteiger partial charge in [-0.2, -0.15) is 12.1 Å². The first-order chi connectivity index (χ1) is 38.5. The van der Waals surface area contributed by atoms with Crippen molar-refractivity contribution >= 4 is 46.4 Å². The number of hydrogen-bond donors (Lipinski definition) is 0. The Hall–Kier alpha value is -8.25. The molecule has 0 aliphatic carbocycles. The second-order valence-electron chi connectivity index (χ2n) is 22.0. The summed E-state index contributed by atoms with van der Waals surface area (Å²) in [4.78, 5) is 10.0. The number of hydrogen-bond acceptors (Lipinski definition) is 4. The van der Waals surface area contributed by atoms with Gasteiger partial charge in [-0.25, -0.2) is 0 Å². The monoisotopic (exact) mass is 1180 g/mol. The van der Waals surface area contributed by atoms with Crippen molar-refractivity contribution in [2.75, 3.05) is 9.62 Å². The zero-order valence-corrected chi connectivity index (χ0v) is 46.0. The molecular formula is C69H56BN5OPt-2. The Kier molecular flexibility index (Phi) is 11.0. The molecule has 0 spiro atoms. The number of ether oxygens (including phenoxy) is 1. The number of imidazole rings is 1. The third-order valence-corrected chi connectivity index (χ3v) is 16.1. The van der Waals surface area contributed by atoms with Crippen molar-refractivity contribution in [3.05, 3.63) is 245 Å².